The topological polar surface area (TPSA) is 105 Å². The quantitative estimate of drug-likeness (QED) is 0.577. The highest BCUT2D eigenvalue weighted by Gasteiger charge is 2.24. The van der Waals surface area contributed by atoms with Gasteiger partial charge in [-0.3, -0.25) is 10.1 Å². The van der Waals surface area contributed by atoms with Gasteiger partial charge in [-0.1, -0.05) is 6.07 Å². The summed E-state index contributed by atoms with van der Waals surface area (Å²) in [7, 11) is 0. The lowest BCUT2D eigenvalue weighted by atomic mass is 10.1. The number of anilines is 1. The minimum atomic E-state index is -1.16. The van der Waals surface area contributed by atoms with Crippen LogP contribution in [0.3, 0.4) is 0 Å². The predicted molar refractivity (Wildman–Crippen MR) is 88.7 cm³/mol. The zero-order valence-corrected chi connectivity index (χ0v) is 13.5. The standard InChI is InChI=1S/C15H17N3O4S/c1-10-8-11(18(21)22)5-6-12(10)17-14(19)16-9-15(2,20)13-4-3-7-23-13/h3-8,20H,9H2,1-2H3,(H2,16,17,19). The smallest absolute Gasteiger partial charge is 0.319 e. The molecule has 8 heteroatoms. The molecule has 23 heavy (non-hydrogen) atoms. The number of urea groups is 1. The van der Waals surface area contributed by atoms with Gasteiger partial charge in [0.1, 0.15) is 5.60 Å². The maximum atomic E-state index is 11.9. The van der Waals surface area contributed by atoms with Gasteiger partial charge in [0.25, 0.3) is 5.69 Å². The largest absolute Gasteiger partial charge is 0.383 e. The number of hydrogen-bond donors (Lipinski definition) is 3. The van der Waals surface area contributed by atoms with Gasteiger partial charge in [-0.2, -0.15) is 0 Å². The van der Waals surface area contributed by atoms with Crippen molar-refractivity contribution in [2.45, 2.75) is 19.4 Å². The number of thiophene rings is 1. The SMILES string of the molecule is Cc1cc([N+](=O)[O-])ccc1NC(=O)NCC(C)(O)c1cccs1. The summed E-state index contributed by atoms with van der Waals surface area (Å²) in [4.78, 5) is 22.9. The van der Waals surface area contributed by atoms with Crippen LogP contribution < -0.4 is 10.6 Å². The van der Waals surface area contributed by atoms with Crippen LogP contribution in [0.1, 0.15) is 17.4 Å². The number of rotatable bonds is 5. The van der Waals surface area contributed by atoms with Gasteiger partial charge in [0.05, 0.1) is 11.5 Å². The van der Waals surface area contributed by atoms with Crippen LogP contribution in [-0.2, 0) is 5.60 Å². The summed E-state index contributed by atoms with van der Waals surface area (Å²) in [5.41, 5.74) is -0.131. The molecular weight excluding hydrogens is 318 g/mol. The van der Waals surface area contributed by atoms with E-state index in [9.17, 15) is 20.0 Å². The molecule has 3 N–H and O–H groups in total. The number of non-ortho nitro benzene ring substituents is 1. The van der Waals surface area contributed by atoms with Crippen molar-refractivity contribution in [3.63, 3.8) is 0 Å². The first kappa shape index (κ1) is 16.9. The molecule has 0 aliphatic carbocycles. The van der Waals surface area contributed by atoms with Gasteiger partial charge < -0.3 is 15.7 Å². The molecule has 1 aromatic heterocycles. The minimum Gasteiger partial charge on any atom is -0.383 e. The van der Waals surface area contributed by atoms with E-state index in [-0.39, 0.29) is 12.2 Å². The number of carbonyl (C=O) groups is 1. The number of amides is 2. The number of nitrogens with zero attached hydrogens (tertiary/aromatic N) is 1. The molecule has 0 radical (unpaired) electrons. The molecule has 0 saturated carbocycles. The third-order valence-corrected chi connectivity index (χ3v) is 4.44. The van der Waals surface area contributed by atoms with Crippen LogP contribution in [0.25, 0.3) is 0 Å². The molecular formula is C15H17N3O4S. The van der Waals surface area contributed by atoms with E-state index in [1.165, 1.54) is 29.5 Å². The highest BCUT2D eigenvalue weighted by molar-refractivity contribution is 7.10. The number of nitro groups is 1. The van der Waals surface area contributed by atoms with Crippen LogP contribution in [0, 0.1) is 17.0 Å². The van der Waals surface area contributed by atoms with Crippen molar-refractivity contribution in [3.8, 4) is 0 Å². The number of carbonyl (C=O) groups excluding carboxylic acids is 1. The molecule has 0 aliphatic heterocycles. The van der Waals surface area contributed by atoms with Crippen LogP contribution in [-0.4, -0.2) is 22.6 Å². The fourth-order valence-corrected chi connectivity index (χ4v) is 2.78. The first-order chi connectivity index (χ1) is 10.8. The van der Waals surface area contributed by atoms with Gasteiger partial charge in [-0.15, -0.1) is 11.3 Å². The monoisotopic (exact) mass is 335 g/mol. The van der Waals surface area contributed by atoms with Gasteiger partial charge in [0, 0.05) is 22.7 Å². The highest BCUT2D eigenvalue weighted by atomic mass is 32.1. The molecule has 0 aliphatic rings. The van der Waals surface area contributed by atoms with Crippen molar-refractivity contribution in [2.75, 3.05) is 11.9 Å². The second kappa shape index (κ2) is 6.76. The van der Waals surface area contributed by atoms with Crippen LogP contribution in [0.2, 0.25) is 0 Å². The Morgan fingerprint density at radius 1 is 1.43 bits per heavy atom. The lowest BCUT2D eigenvalue weighted by Gasteiger charge is -2.22. The Kier molecular flexibility index (Phi) is 4.97. The lowest BCUT2D eigenvalue weighted by molar-refractivity contribution is -0.384. The molecule has 122 valence electrons. The molecule has 1 aromatic carbocycles. The molecule has 0 bridgehead atoms. The van der Waals surface area contributed by atoms with Crippen molar-refractivity contribution in [2.24, 2.45) is 0 Å². The first-order valence-electron chi connectivity index (χ1n) is 6.86. The van der Waals surface area contributed by atoms with E-state index < -0.39 is 16.6 Å². The Bertz CT molecular complexity index is 714. The van der Waals surface area contributed by atoms with Crippen LogP contribution in [0.4, 0.5) is 16.2 Å². The van der Waals surface area contributed by atoms with Gasteiger partial charge in [0.15, 0.2) is 0 Å². The normalized spacial score (nSPS) is 13.2. The Morgan fingerprint density at radius 2 is 2.17 bits per heavy atom. The van der Waals surface area contributed by atoms with Gasteiger partial charge in [-0.25, -0.2) is 4.79 Å². The molecule has 1 atom stereocenters. The third kappa shape index (κ3) is 4.27. The summed E-state index contributed by atoms with van der Waals surface area (Å²) in [6, 6.07) is 7.32. The molecule has 2 amide bonds. The summed E-state index contributed by atoms with van der Waals surface area (Å²) >= 11 is 1.41. The molecule has 1 unspecified atom stereocenters. The van der Waals surface area contributed by atoms with Gasteiger partial charge in [0.2, 0.25) is 0 Å². The highest BCUT2D eigenvalue weighted by Crippen LogP contribution is 2.24. The van der Waals surface area contributed by atoms with Gasteiger partial charge >= 0.3 is 6.03 Å². The minimum absolute atomic E-state index is 0.0333. The van der Waals surface area contributed by atoms with E-state index in [4.69, 9.17) is 0 Å². The van der Waals surface area contributed by atoms with E-state index >= 15 is 0 Å². The van der Waals surface area contributed by atoms with Crippen molar-refractivity contribution in [1.29, 1.82) is 0 Å². The third-order valence-electron chi connectivity index (χ3n) is 3.31. The Balaban J connectivity index is 1.96. The van der Waals surface area contributed by atoms with E-state index in [1.807, 2.05) is 11.4 Å². The lowest BCUT2D eigenvalue weighted by Crippen LogP contribution is -2.40. The van der Waals surface area contributed by atoms with Crippen molar-refractivity contribution >= 4 is 28.7 Å². The Labute approximate surface area is 137 Å². The molecule has 1 heterocycles. The van der Waals surface area contributed by atoms with Gasteiger partial charge in [-0.05, 0) is 36.9 Å². The molecule has 7 nitrogen and oxygen atoms in total. The Hall–Kier alpha value is -2.45. The summed E-state index contributed by atoms with van der Waals surface area (Å²) in [5, 5.41) is 28.1. The summed E-state index contributed by atoms with van der Waals surface area (Å²) in [5.74, 6) is 0. The second-order valence-electron chi connectivity index (χ2n) is 5.32. The van der Waals surface area contributed by atoms with E-state index in [2.05, 4.69) is 10.6 Å². The van der Waals surface area contributed by atoms with Crippen molar-refractivity contribution < 1.29 is 14.8 Å². The zero-order valence-electron chi connectivity index (χ0n) is 12.7. The number of benzene rings is 1. The summed E-state index contributed by atoms with van der Waals surface area (Å²) in [6.07, 6.45) is 0. The fraction of sp³-hybridized carbons (Fsp3) is 0.267. The Morgan fingerprint density at radius 3 is 2.74 bits per heavy atom. The van der Waals surface area contributed by atoms with Crippen LogP contribution in [0.15, 0.2) is 35.7 Å². The van der Waals surface area contributed by atoms with E-state index in [0.717, 1.165) is 4.88 Å². The molecule has 0 fully saturated rings. The maximum Gasteiger partial charge on any atom is 0.319 e. The average Bonchev–Trinajstić information content (AvgIpc) is 3.02. The maximum absolute atomic E-state index is 11.9. The van der Waals surface area contributed by atoms with Crippen molar-refractivity contribution in [3.05, 3.63) is 56.3 Å². The van der Waals surface area contributed by atoms with E-state index in [0.29, 0.717) is 11.3 Å². The number of aliphatic hydroxyl groups is 1. The van der Waals surface area contributed by atoms with Crippen LogP contribution in [0.5, 0.6) is 0 Å². The first-order valence-corrected chi connectivity index (χ1v) is 7.74. The number of nitrogens with one attached hydrogen (secondary N) is 2. The molecule has 0 saturated heterocycles. The molecule has 0 spiro atoms. The zero-order chi connectivity index (χ0) is 17.0. The predicted octanol–water partition coefficient (Wildman–Crippen LogP) is 2.99. The molecule has 2 rings (SSSR count). The fourth-order valence-electron chi connectivity index (χ4n) is 1.99. The van der Waals surface area contributed by atoms with E-state index in [1.54, 1.807) is 19.9 Å². The van der Waals surface area contributed by atoms with Crippen molar-refractivity contribution in [1.82, 2.24) is 5.32 Å². The summed E-state index contributed by atoms with van der Waals surface area (Å²) in [6.45, 7) is 3.34. The number of nitro benzene ring substituents is 1. The summed E-state index contributed by atoms with van der Waals surface area (Å²) < 4.78 is 0. The molecule has 2 aromatic rings. The average molecular weight is 335 g/mol. The number of hydrogen-bond acceptors (Lipinski definition) is 5. The van der Waals surface area contributed by atoms with Crippen LogP contribution >= 0.6 is 11.3 Å². The second-order valence-corrected chi connectivity index (χ2v) is 6.26. The number of aryl methyl sites for hydroxylation is 1.